The highest BCUT2D eigenvalue weighted by Crippen LogP contribution is 2.58. The molecule has 2 N–H and O–H groups in total. The first-order valence-corrected chi connectivity index (χ1v) is 8.48. The molecule has 0 aromatic carbocycles. The van der Waals surface area contributed by atoms with Gasteiger partial charge in [0.15, 0.2) is 0 Å². The van der Waals surface area contributed by atoms with Crippen molar-refractivity contribution in [2.24, 2.45) is 17.3 Å². The van der Waals surface area contributed by atoms with Crippen molar-refractivity contribution in [1.29, 1.82) is 0 Å². The molecule has 2 unspecified atom stereocenters. The lowest BCUT2D eigenvalue weighted by atomic mass is 9.91. The Kier molecular flexibility index (Phi) is 8.59. The van der Waals surface area contributed by atoms with E-state index in [2.05, 4.69) is 22.5 Å². The standard InChI is InChI=1S/C16H29N3O2.2ClH/c1-13(12-19-6-8-21-9-7-19)11-18-15(20)14-10-16(14)2-4-17-5-3-16;;/h13-14,17H,2-12H2,1H3,(H,18,20);2*1H. The summed E-state index contributed by atoms with van der Waals surface area (Å²) in [5.74, 6) is 1.09. The highest BCUT2D eigenvalue weighted by molar-refractivity contribution is 5.85. The van der Waals surface area contributed by atoms with Gasteiger partial charge in [-0.3, -0.25) is 9.69 Å². The third-order valence-corrected chi connectivity index (χ3v) is 5.40. The maximum absolute atomic E-state index is 12.3. The second kappa shape index (κ2) is 9.42. The zero-order chi connectivity index (χ0) is 14.7. The molecule has 2 aliphatic heterocycles. The number of ether oxygens (including phenoxy) is 1. The number of carbonyl (C=O) groups is 1. The number of halogens is 2. The van der Waals surface area contributed by atoms with E-state index in [4.69, 9.17) is 4.74 Å². The Labute approximate surface area is 152 Å². The van der Waals surface area contributed by atoms with E-state index in [0.717, 1.165) is 58.9 Å². The smallest absolute Gasteiger partial charge is 0.223 e. The van der Waals surface area contributed by atoms with Crippen molar-refractivity contribution in [3.8, 4) is 0 Å². The first-order chi connectivity index (χ1) is 10.2. The molecule has 2 saturated heterocycles. The van der Waals surface area contributed by atoms with Gasteiger partial charge in [-0.25, -0.2) is 0 Å². The number of morpholine rings is 1. The maximum atomic E-state index is 12.3. The minimum absolute atomic E-state index is 0. The van der Waals surface area contributed by atoms with Crippen LogP contribution in [0.15, 0.2) is 0 Å². The molecule has 3 fully saturated rings. The van der Waals surface area contributed by atoms with E-state index < -0.39 is 0 Å². The maximum Gasteiger partial charge on any atom is 0.223 e. The molecule has 0 aromatic heterocycles. The summed E-state index contributed by atoms with van der Waals surface area (Å²) < 4.78 is 5.37. The van der Waals surface area contributed by atoms with Crippen LogP contribution in [0.2, 0.25) is 0 Å². The van der Waals surface area contributed by atoms with Crippen LogP contribution in [0.3, 0.4) is 0 Å². The first-order valence-electron chi connectivity index (χ1n) is 8.48. The molecular weight excluding hydrogens is 337 g/mol. The van der Waals surface area contributed by atoms with E-state index in [9.17, 15) is 4.79 Å². The number of piperidine rings is 1. The molecule has 5 nitrogen and oxygen atoms in total. The monoisotopic (exact) mass is 367 g/mol. The lowest BCUT2D eigenvalue weighted by Gasteiger charge is -2.29. The zero-order valence-electron chi connectivity index (χ0n) is 14.0. The van der Waals surface area contributed by atoms with Crippen molar-refractivity contribution < 1.29 is 9.53 Å². The van der Waals surface area contributed by atoms with Crippen LogP contribution in [0.5, 0.6) is 0 Å². The Balaban J connectivity index is 0.00000132. The Hall–Kier alpha value is -0.0700. The fourth-order valence-electron chi connectivity index (χ4n) is 3.88. The summed E-state index contributed by atoms with van der Waals surface area (Å²) >= 11 is 0. The van der Waals surface area contributed by atoms with Gasteiger partial charge in [-0.2, -0.15) is 0 Å². The topological polar surface area (TPSA) is 53.6 Å². The van der Waals surface area contributed by atoms with Crippen LogP contribution in [-0.4, -0.2) is 63.3 Å². The molecule has 136 valence electrons. The Morgan fingerprint density at radius 2 is 1.96 bits per heavy atom. The summed E-state index contributed by atoms with van der Waals surface area (Å²) in [5.41, 5.74) is 0.350. The van der Waals surface area contributed by atoms with Gasteiger partial charge in [-0.05, 0) is 43.7 Å². The van der Waals surface area contributed by atoms with Gasteiger partial charge in [-0.15, -0.1) is 24.8 Å². The summed E-state index contributed by atoms with van der Waals surface area (Å²) in [7, 11) is 0. The predicted molar refractivity (Wildman–Crippen MR) is 96.6 cm³/mol. The van der Waals surface area contributed by atoms with Crippen molar-refractivity contribution in [1.82, 2.24) is 15.5 Å². The molecule has 23 heavy (non-hydrogen) atoms. The normalized spacial score (nSPS) is 27.4. The van der Waals surface area contributed by atoms with Gasteiger partial charge in [0.25, 0.3) is 0 Å². The minimum atomic E-state index is 0. The summed E-state index contributed by atoms with van der Waals surface area (Å²) in [4.78, 5) is 14.7. The predicted octanol–water partition coefficient (Wildman–Crippen LogP) is 1.30. The molecule has 1 saturated carbocycles. The van der Waals surface area contributed by atoms with Gasteiger partial charge in [-0.1, -0.05) is 6.92 Å². The highest BCUT2D eigenvalue weighted by Gasteiger charge is 2.57. The molecule has 0 radical (unpaired) electrons. The molecular formula is C16H31Cl2N3O2. The van der Waals surface area contributed by atoms with E-state index in [0.29, 0.717) is 17.2 Å². The van der Waals surface area contributed by atoms with E-state index in [1.807, 2.05) is 0 Å². The zero-order valence-corrected chi connectivity index (χ0v) is 15.6. The first kappa shape index (κ1) is 21.0. The van der Waals surface area contributed by atoms with E-state index >= 15 is 0 Å². The van der Waals surface area contributed by atoms with Gasteiger partial charge < -0.3 is 15.4 Å². The van der Waals surface area contributed by atoms with E-state index in [1.54, 1.807) is 0 Å². The van der Waals surface area contributed by atoms with Crippen molar-refractivity contribution in [2.45, 2.75) is 26.2 Å². The summed E-state index contributed by atoms with van der Waals surface area (Å²) in [5, 5.41) is 6.58. The van der Waals surface area contributed by atoms with Crippen molar-refractivity contribution in [2.75, 3.05) is 52.5 Å². The largest absolute Gasteiger partial charge is 0.379 e. The van der Waals surface area contributed by atoms with Crippen LogP contribution < -0.4 is 10.6 Å². The Morgan fingerprint density at radius 3 is 2.61 bits per heavy atom. The summed E-state index contributed by atoms with van der Waals surface area (Å²) in [6.45, 7) is 9.99. The average molecular weight is 368 g/mol. The molecule has 2 heterocycles. The van der Waals surface area contributed by atoms with Gasteiger partial charge >= 0.3 is 0 Å². The van der Waals surface area contributed by atoms with Crippen LogP contribution >= 0.6 is 24.8 Å². The molecule has 7 heteroatoms. The molecule has 2 atom stereocenters. The van der Waals surface area contributed by atoms with Crippen LogP contribution in [-0.2, 0) is 9.53 Å². The number of nitrogens with zero attached hydrogens (tertiary/aromatic N) is 1. The summed E-state index contributed by atoms with van der Waals surface area (Å²) in [6.07, 6.45) is 3.46. The Bertz CT molecular complexity index is 372. The lowest BCUT2D eigenvalue weighted by Crippen LogP contribution is -2.42. The number of hydrogen-bond donors (Lipinski definition) is 2. The van der Waals surface area contributed by atoms with Crippen molar-refractivity contribution in [3.05, 3.63) is 0 Å². The molecule has 1 aliphatic carbocycles. The second-order valence-corrected chi connectivity index (χ2v) is 7.13. The van der Waals surface area contributed by atoms with Crippen LogP contribution in [0.4, 0.5) is 0 Å². The van der Waals surface area contributed by atoms with E-state index in [1.165, 1.54) is 12.8 Å². The average Bonchev–Trinajstić information content (AvgIpc) is 3.20. The summed E-state index contributed by atoms with van der Waals surface area (Å²) in [6, 6.07) is 0. The van der Waals surface area contributed by atoms with Crippen molar-refractivity contribution in [3.63, 3.8) is 0 Å². The van der Waals surface area contributed by atoms with Crippen molar-refractivity contribution >= 4 is 30.7 Å². The van der Waals surface area contributed by atoms with Crippen LogP contribution in [0.1, 0.15) is 26.2 Å². The molecule has 1 amide bonds. The number of amides is 1. The van der Waals surface area contributed by atoms with Gasteiger partial charge in [0.2, 0.25) is 5.91 Å². The number of carbonyl (C=O) groups excluding carboxylic acids is 1. The lowest BCUT2D eigenvalue weighted by molar-refractivity contribution is -0.123. The number of nitrogens with one attached hydrogen (secondary N) is 2. The van der Waals surface area contributed by atoms with Crippen LogP contribution in [0, 0.1) is 17.3 Å². The van der Waals surface area contributed by atoms with E-state index in [-0.39, 0.29) is 30.7 Å². The molecule has 0 bridgehead atoms. The number of hydrogen-bond acceptors (Lipinski definition) is 4. The minimum Gasteiger partial charge on any atom is -0.379 e. The SMILES string of the molecule is CC(CNC(=O)C1CC12CCNCC2)CN1CCOCC1.Cl.Cl. The highest BCUT2D eigenvalue weighted by atomic mass is 35.5. The molecule has 0 aromatic rings. The molecule has 3 aliphatic rings. The third-order valence-electron chi connectivity index (χ3n) is 5.40. The molecule has 3 rings (SSSR count). The molecule has 1 spiro atoms. The second-order valence-electron chi connectivity index (χ2n) is 7.13. The number of rotatable bonds is 5. The van der Waals surface area contributed by atoms with Gasteiger partial charge in [0, 0.05) is 32.1 Å². The van der Waals surface area contributed by atoms with Gasteiger partial charge in [0.05, 0.1) is 13.2 Å². The quantitative estimate of drug-likeness (QED) is 0.768. The Morgan fingerprint density at radius 1 is 1.30 bits per heavy atom. The van der Waals surface area contributed by atoms with Gasteiger partial charge in [0.1, 0.15) is 0 Å². The third kappa shape index (κ3) is 5.46. The fraction of sp³-hybridized carbons (Fsp3) is 0.938. The van der Waals surface area contributed by atoms with Crippen LogP contribution in [0.25, 0.3) is 0 Å². The fourth-order valence-corrected chi connectivity index (χ4v) is 3.88.